The summed E-state index contributed by atoms with van der Waals surface area (Å²) in [5, 5.41) is 0. The van der Waals surface area contributed by atoms with Crippen molar-refractivity contribution in [3.8, 4) is 11.3 Å². The van der Waals surface area contributed by atoms with E-state index in [0.717, 1.165) is 24.5 Å². The summed E-state index contributed by atoms with van der Waals surface area (Å²) in [6.45, 7) is 0. The lowest BCUT2D eigenvalue weighted by atomic mass is 10.1. The topological polar surface area (TPSA) is 68.9 Å². The van der Waals surface area contributed by atoms with Crippen LogP contribution >= 0.6 is 0 Å². The Hall–Kier alpha value is -2.37. The van der Waals surface area contributed by atoms with Crippen LogP contribution in [0.25, 0.3) is 11.3 Å². The summed E-state index contributed by atoms with van der Waals surface area (Å²) in [4.78, 5) is 18.2. The van der Waals surface area contributed by atoms with Crippen LogP contribution in [-0.4, -0.2) is 15.9 Å². The Morgan fingerprint density at radius 2 is 1.76 bits per heavy atom. The Morgan fingerprint density at radius 3 is 2.24 bits per heavy atom. The van der Waals surface area contributed by atoms with E-state index in [9.17, 15) is 13.6 Å². The van der Waals surface area contributed by atoms with Crippen molar-refractivity contribution in [3.63, 3.8) is 0 Å². The summed E-state index contributed by atoms with van der Waals surface area (Å²) in [6, 6.07) is 3.48. The van der Waals surface area contributed by atoms with Crippen LogP contribution in [0.15, 0.2) is 30.6 Å². The lowest BCUT2D eigenvalue weighted by molar-refractivity contribution is 0.0995. The SMILES string of the molecule is NC(=O)c1cnc(-c2c(F)cccc2F)cn1. The van der Waals surface area contributed by atoms with Crippen LogP contribution in [0.2, 0.25) is 0 Å². The maximum atomic E-state index is 13.4. The van der Waals surface area contributed by atoms with Gasteiger partial charge in [0.25, 0.3) is 5.91 Å². The number of aromatic nitrogens is 2. The smallest absolute Gasteiger partial charge is 0.268 e. The van der Waals surface area contributed by atoms with Gasteiger partial charge in [-0.25, -0.2) is 13.8 Å². The van der Waals surface area contributed by atoms with Crippen molar-refractivity contribution < 1.29 is 13.6 Å². The van der Waals surface area contributed by atoms with E-state index in [4.69, 9.17) is 5.73 Å². The van der Waals surface area contributed by atoms with Crippen LogP contribution in [0, 0.1) is 11.6 Å². The first kappa shape index (κ1) is 11.1. The second-order valence-corrected chi connectivity index (χ2v) is 3.25. The number of amides is 1. The first-order chi connectivity index (χ1) is 8.09. The van der Waals surface area contributed by atoms with Crippen LogP contribution < -0.4 is 5.73 Å². The molecule has 0 spiro atoms. The van der Waals surface area contributed by atoms with E-state index in [1.54, 1.807) is 0 Å². The molecule has 86 valence electrons. The third-order valence-corrected chi connectivity index (χ3v) is 2.12. The molecular weight excluding hydrogens is 228 g/mol. The van der Waals surface area contributed by atoms with Gasteiger partial charge >= 0.3 is 0 Å². The van der Waals surface area contributed by atoms with Crippen molar-refractivity contribution in [2.75, 3.05) is 0 Å². The molecule has 0 aliphatic carbocycles. The Labute approximate surface area is 95.1 Å². The number of primary amides is 1. The first-order valence-electron chi connectivity index (χ1n) is 4.66. The Morgan fingerprint density at radius 1 is 1.12 bits per heavy atom. The third-order valence-electron chi connectivity index (χ3n) is 2.12. The molecule has 17 heavy (non-hydrogen) atoms. The Kier molecular flexibility index (Phi) is 2.78. The van der Waals surface area contributed by atoms with Gasteiger partial charge in [0, 0.05) is 0 Å². The lowest BCUT2D eigenvalue weighted by Crippen LogP contribution is -2.13. The molecule has 1 aromatic heterocycles. The summed E-state index contributed by atoms with van der Waals surface area (Å²) < 4.78 is 26.8. The van der Waals surface area contributed by atoms with Crippen molar-refractivity contribution in [1.29, 1.82) is 0 Å². The number of benzene rings is 1. The molecule has 2 aromatic rings. The maximum absolute atomic E-state index is 13.4. The van der Waals surface area contributed by atoms with Crippen molar-refractivity contribution >= 4 is 5.91 Å². The van der Waals surface area contributed by atoms with Gasteiger partial charge in [0.1, 0.15) is 17.3 Å². The normalized spacial score (nSPS) is 10.2. The van der Waals surface area contributed by atoms with Crippen molar-refractivity contribution in [2.45, 2.75) is 0 Å². The quantitative estimate of drug-likeness (QED) is 0.857. The van der Waals surface area contributed by atoms with Crippen LogP contribution in [0.3, 0.4) is 0 Å². The number of carbonyl (C=O) groups excluding carboxylic acids is 1. The number of hydrogen-bond donors (Lipinski definition) is 1. The molecule has 2 rings (SSSR count). The van der Waals surface area contributed by atoms with Gasteiger partial charge < -0.3 is 5.73 Å². The molecule has 0 aliphatic heterocycles. The van der Waals surface area contributed by atoms with Gasteiger partial charge in [-0.15, -0.1) is 0 Å². The van der Waals surface area contributed by atoms with Gasteiger partial charge in [-0.05, 0) is 12.1 Å². The minimum Gasteiger partial charge on any atom is -0.364 e. The number of rotatable bonds is 2. The standard InChI is InChI=1S/C11H7F2N3O/c12-6-2-1-3-7(13)10(6)8-4-16-9(5-15-8)11(14)17/h1-5H,(H2,14,17). The molecule has 1 heterocycles. The minimum atomic E-state index is -0.752. The average molecular weight is 235 g/mol. The fourth-order valence-electron chi connectivity index (χ4n) is 1.33. The largest absolute Gasteiger partial charge is 0.364 e. The number of halogens is 2. The summed E-state index contributed by atoms with van der Waals surface area (Å²) >= 11 is 0. The highest BCUT2D eigenvalue weighted by atomic mass is 19.1. The number of carbonyl (C=O) groups is 1. The van der Waals surface area contributed by atoms with Crippen LogP contribution in [0.5, 0.6) is 0 Å². The number of nitrogens with zero attached hydrogens (tertiary/aromatic N) is 2. The Bertz CT molecular complexity index is 549. The fourth-order valence-corrected chi connectivity index (χ4v) is 1.33. The molecule has 0 saturated carbocycles. The van der Waals surface area contributed by atoms with Crippen molar-refractivity contribution in [3.05, 3.63) is 47.9 Å². The Balaban J connectivity index is 2.50. The highest BCUT2D eigenvalue weighted by Gasteiger charge is 2.13. The molecule has 0 fully saturated rings. The zero-order chi connectivity index (χ0) is 12.4. The number of nitrogens with two attached hydrogens (primary N) is 1. The van der Waals surface area contributed by atoms with Crippen molar-refractivity contribution in [2.24, 2.45) is 5.73 Å². The molecule has 0 bridgehead atoms. The molecule has 1 aromatic carbocycles. The first-order valence-corrected chi connectivity index (χ1v) is 4.66. The summed E-state index contributed by atoms with van der Waals surface area (Å²) in [6.07, 6.45) is 2.17. The van der Waals surface area contributed by atoms with E-state index >= 15 is 0 Å². The van der Waals surface area contributed by atoms with E-state index in [1.807, 2.05) is 0 Å². The third kappa shape index (κ3) is 2.10. The van der Waals surface area contributed by atoms with Gasteiger partial charge in [0.05, 0.1) is 23.7 Å². The highest BCUT2D eigenvalue weighted by Crippen LogP contribution is 2.23. The molecule has 0 saturated heterocycles. The zero-order valence-corrected chi connectivity index (χ0v) is 8.52. The number of hydrogen-bond acceptors (Lipinski definition) is 3. The predicted molar refractivity (Wildman–Crippen MR) is 55.9 cm³/mol. The summed E-state index contributed by atoms with van der Waals surface area (Å²) in [7, 11) is 0. The fraction of sp³-hybridized carbons (Fsp3) is 0. The highest BCUT2D eigenvalue weighted by molar-refractivity contribution is 5.90. The van der Waals surface area contributed by atoms with E-state index < -0.39 is 17.5 Å². The molecular formula is C11H7F2N3O. The molecule has 0 aliphatic rings. The van der Waals surface area contributed by atoms with E-state index in [-0.39, 0.29) is 17.0 Å². The predicted octanol–water partition coefficient (Wildman–Crippen LogP) is 1.52. The van der Waals surface area contributed by atoms with Crippen molar-refractivity contribution in [1.82, 2.24) is 9.97 Å². The average Bonchev–Trinajstić information content (AvgIpc) is 2.29. The molecule has 1 amide bonds. The van der Waals surface area contributed by atoms with Crippen LogP contribution in [-0.2, 0) is 0 Å². The van der Waals surface area contributed by atoms with E-state index in [0.29, 0.717) is 0 Å². The van der Waals surface area contributed by atoms with Crippen LogP contribution in [0.4, 0.5) is 8.78 Å². The second-order valence-electron chi connectivity index (χ2n) is 3.25. The second kappa shape index (κ2) is 4.25. The van der Waals surface area contributed by atoms with E-state index in [2.05, 4.69) is 9.97 Å². The maximum Gasteiger partial charge on any atom is 0.268 e. The van der Waals surface area contributed by atoms with Gasteiger partial charge in [-0.1, -0.05) is 6.07 Å². The zero-order valence-electron chi connectivity index (χ0n) is 8.52. The van der Waals surface area contributed by atoms with E-state index in [1.165, 1.54) is 6.07 Å². The van der Waals surface area contributed by atoms with Crippen LogP contribution in [0.1, 0.15) is 10.5 Å². The summed E-state index contributed by atoms with van der Waals surface area (Å²) in [5.41, 5.74) is 4.63. The molecule has 6 heteroatoms. The van der Waals surface area contributed by atoms with Gasteiger partial charge in [0.15, 0.2) is 0 Å². The molecule has 0 atom stereocenters. The van der Waals surface area contributed by atoms with Gasteiger partial charge in [-0.2, -0.15) is 0 Å². The minimum absolute atomic E-state index is 0.00519. The lowest BCUT2D eigenvalue weighted by Gasteiger charge is -2.03. The molecule has 0 unspecified atom stereocenters. The monoisotopic (exact) mass is 235 g/mol. The summed E-state index contributed by atoms with van der Waals surface area (Å²) in [5.74, 6) is -2.24. The molecule has 4 nitrogen and oxygen atoms in total. The van der Waals surface area contributed by atoms with Gasteiger partial charge in [0.2, 0.25) is 0 Å². The molecule has 2 N–H and O–H groups in total. The molecule has 0 radical (unpaired) electrons. The van der Waals surface area contributed by atoms with Gasteiger partial charge in [-0.3, -0.25) is 9.78 Å².